The first-order chi connectivity index (χ1) is 12.7. The summed E-state index contributed by atoms with van der Waals surface area (Å²) in [6.07, 6.45) is 2.62. The van der Waals surface area contributed by atoms with Gasteiger partial charge in [-0.05, 0) is 62.6 Å². The zero-order valence-electron chi connectivity index (χ0n) is 15.9. The third-order valence-corrected chi connectivity index (χ3v) is 5.08. The molecule has 0 bridgehead atoms. The van der Waals surface area contributed by atoms with Gasteiger partial charge in [-0.1, -0.05) is 18.2 Å². The number of fused-ring (bicyclic) bond motifs is 1. The smallest absolute Gasteiger partial charge is 0.228 e. The highest BCUT2D eigenvalue weighted by atomic mass is 16.2. The highest BCUT2D eigenvalue weighted by Gasteiger charge is 2.21. The molecule has 0 radical (unpaired) electrons. The summed E-state index contributed by atoms with van der Waals surface area (Å²) in [5.41, 5.74) is 4.67. The number of carbonyl (C=O) groups is 1. The van der Waals surface area contributed by atoms with Crippen molar-refractivity contribution in [2.75, 3.05) is 41.3 Å². The number of hydrogen-bond acceptors (Lipinski definition) is 3. The number of nitrogens with one attached hydrogen (secondary N) is 1. The van der Waals surface area contributed by atoms with Crippen LogP contribution in [-0.4, -0.2) is 32.1 Å². The van der Waals surface area contributed by atoms with Crippen LogP contribution in [0, 0.1) is 0 Å². The molecule has 0 fully saturated rings. The van der Waals surface area contributed by atoms with Gasteiger partial charge in [-0.25, -0.2) is 0 Å². The van der Waals surface area contributed by atoms with Crippen molar-refractivity contribution in [2.45, 2.75) is 33.1 Å². The van der Waals surface area contributed by atoms with E-state index in [9.17, 15) is 4.79 Å². The van der Waals surface area contributed by atoms with Crippen LogP contribution in [0.25, 0.3) is 0 Å². The van der Waals surface area contributed by atoms with Crippen LogP contribution in [0.2, 0.25) is 0 Å². The van der Waals surface area contributed by atoms with Crippen molar-refractivity contribution in [3.05, 3.63) is 54.1 Å². The summed E-state index contributed by atoms with van der Waals surface area (Å²) in [5.74, 6) is 0.199. The summed E-state index contributed by atoms with van der Waals surface area (Å²) < 4.78 is 0. The van der Waals surface area contributed by atoms with Crippen molar-refractivity contribution in [1.29, 1.82) is 0 Å². The molecule has 138 valence electrons. The lowest BCUT2D eigenvalue weighted by atomic mass is 10.0. The molecule has 1 amide bonds. The third-order valence-electron chi connectivity index (χ3n) is 5.08. The molecule has 0 saturated heterocycles. The number of hydrogen-bond donors (Lipinski definition) is 1. The maximum Gasteiger partial charge on any atom is 0.228 e. The summed E-state index contributed by atoms with van der Waals surface area (Å²) in [6.45, 7) is 7.83. The fraction of sp³-hybridized carbons (Fsp3) is 0.409. The monoisotopic (exact) mass is 351 g/mol. The molecule has 1 aliphatic heterocycles. The van der Waals surface area contributed by atoms with Crippen molar-refractivity contribution in [1.82, 2.24) is 0 Å². The molecular formula is C22H29N3O. The maximum absolute atomic E-state index is 12.7. The second kappa shape index (κ2) is 8.75. The van der Waals surface area contributed by atoms with E-state index in [-0.39, 0.29) is 5.91 Å². The fourth-order valence-corrected chi connectivity index (χ4v) is 3.62. The number of amides is 1. The first kappa shape index (κ1) is 18.3. The molecule has 4 nitrogen and oxygen atoms in total. The van der Waals surface area contributed by atoms with Crippen molar-refractivity contribution in [2.24, 2.45) is 0 Å². The van der Waals surface area contributed by atoms with Gasteiger partial charge in [-0.3, -0.25) is 4.79 Å². The lowest BCUT2D eigenvalue weighted by molar-refractivity contribution is -0.118. The van der Waals surface area contributed by atoms with Crippen LogP contribution in [0.4, 0.5) is 17.1 Å². The van der Waals surface area contributed by atoms with Gasteiger partial charge in [-0.15, -0.1) is 0 Å². The molecule has 2 aromatic rings. The van der Waals surface area contributed by atoms with Crippen molar-refractivity contribution >= 4 is 23.0 Å². The third kappa shape index (κ3) is 4.18. The van der Waals surface area contributed by atoms with Gasteiger partial charge in [0.25, 0.3) is 0 Å². The van der Waals surface area contributed by atoms with Gasteiger partial charge < -0.3 is 15.1 Å². The largest absolute Gasteiger partial charge is 0.385 e. The predicted octanol–water partition coefficient (Wildman–Crippen LogP) is 4.31. The van der Waals surface area contributed by atoms with E-state index >= 15 is 0 Å². The summed E-state index contributed by atoms with van der Waals surface area (Å²) in [5, 5.41) is 3.37. The second-order valence-electron chi connectivity index (χ2n) is 6.67. The Balaban J connectivity index is 1.53. The molecule has 26 heavy (non-hydrogen) atoms. The molecular weight excluding hydrogens is 322 g/mol. The molecule has 0 unspecified atom stereocenters. The average Bonchev–Trinajstić information content (AvgIpc) is 2.69. The van der Waals surface area contributed by atoms with E-state index < -0.39 is 0 Å². The van der Waals surface area contributed by atoms with Gasteiger partial charge in [0.15, 0.2) is 0 Å². The van der Waals surface area contributed by atoms with Gasteiger partial charge in [0.2, 0.25) is 5.91 Å². The second-order valence-corrected chi connectivity index (χ2v) is 6.67. The molecule has 3 rings (SSSR count). The van der Waals surface area contributed by atoms with Gasteiger partial charge in [0.1, 0.15) is 0 Å². The molecule has 0 aliphatic carbocycles. The SMILES string of the molecule is CCN(CC)c1ccc(NCCC(=O)N2CCCc3ccccc32)cc1. The molecule has 1 heterocycles. The van der Waals surface area contributed by atoms with Gasteiger partial charge in [0.05, 0.1) is 0 Å². The highest BCUT2D eigenvalue weighted by molar-refractivity contribution is 5.94. The van der Waals surface area contributed by atoms with Crippen LogP contribution < -0.4 is 15.1 Å². The number of nitrogens with zero attached hydrogens (tertiary/aromatic N) is 2. The molecule has 0 atom stereocenters. The van der Waals surface area contributed by atoms with E-state index in [1.54, 1.807) is 0 Å². The zero-order chi connectivity index (χ0) is 18.4. The number of para-hydroxylation sites is 1. The van der Waals surface area contributed by atoms with E-state index in [4.69, 9.17) is 0 Å². The Morgan fingerprint density at radius 2 is 1.81 bits per heavy atom. The van der Waals surface area contributed by atoms with Crippen molar-refractivity contribution in [3.63, 3.8) is 0 Å². The summed E-state index contributed by atoms with van der Waals surface area (Å²) in [7, 11) is 0. The fourth-order valence-electron chi connectivity index (χ4n) is 3.62. The summed E-state index contributed by atoms with van der Waals surface area (Å²) in [4.78, 5) is 16.9. The van der Waals surface area contributed by atoms with Gasteiger partial charge >= 0.3 is 0 Å². The van der Waals surface area contributed by atoms with Gasteiger partial charge in [-0.2, -0.15) is 0 Å². The summed E-state index contributed by atoms with van der Waals surface area (Å²) in [6, 6.07) is 16.7. The first-order valence-corrected chi connectivity index (χ1v) is 9.70. The molecule has 2 aromatic carbocycles. The minimum Gasteiger partial charge on any atom is -0.385 e. The van der Waals surface area contributed by atoms with Crippen LogP contribution in [0.1, 0.15) is 32.3 Å². The Hall–Kier alpha value is -2.49. The molecule has 4 heteroatoms. The van der Waals surface area contributed by atoms with Crippen LogP contribution in [-0.2, 0) is 11.2 Å². The maximum atomic E-state index is 12.7. The van der Waals surface area contributed by atoms with Crippen molar-refractivity contribution in [3.8, 4) is 0 Å². The average molecular weight is 351 g/mol. The lowest BCUT2D eigenvalue weighted by Crippen LogP contribution is -2.36. The van der Waals surface area contributed by atoms with E-state index in [0.29, 0.717) is 13.0 Å². The topological polar surface area (TPSA) is 35.6 Å². The Kier molecular flexibility index (Phi) is 6.16. The first-order valence-electron chi connectivity index (χ1n) is 9.70. The molecule has 0 saturated carbocycles. The molecule has 0 spiro atoms. The quantitative estimate of drug-likeness (QED) is 0.807. The van der Waals surface area contributed by atoms with E-state index in [1.165, 1.54) is 11.3 Å². The Morgan fingerprint density at radius 1 is 1.08 bits per heavy atom. The van der Waals surface area contributed by atoms with Crippen LogP contribution >= 0.6 is 0 Å². The summed E-state index contributed by atoms with van der Waals surface area (Å²) >= 11 is 0. The number of aryl methyl sites for hydroxylation is 1. The van der Waals surface area contributed by atoms with E-state index in [1.807, 2.05) is 11.0 Å². The normalized spacial score (nSPS) is 13.2. The predicted molar refractivity (Wildman–Crippen MR) is 110 cm³/mol. The Labute approximate surface area is 156 Å². The lowest BCUT2D eigenvalue weighted by Gasteiger charge is -2.29. The number of benzene rings is 2. The van der Waals surface area contributed by atoms with E-state index in [2.05, 4.69) is 66.5 Å². The van der Waals surface area contributed by atoms with Crippen LogP contribution in [0.15, 0.2) is 48.5 Å². The number of rotatable bonds is 7. The highest BCUT2D eigenvalue weighted by Crippen LogP contribution is 2.27. The molecule has 1 N–H and O–H groups in total. The van der Waals surface area contributed by atoms with E-state index in [0.717, 1.165) is 43.9 Å². The zero-order valence-corrected chi connectivity index (χ0v) is 15.9. The van der Waals surface area contributed by atoms with Crippen LogP contribution in [0.3, 0.4) is 0 Å². The molecule has 0 aromatic heterocycles. The minimum atomic E-state index is 0.199. The van der Waals surface area contributed by atoms with Gasteiger partial charge in [0, 0.05) is 49.7 Å². The van der Waals surface area contributed by atoms with Crippen LogP contribution in [0.5, 0.6) is 0 Å². The standard InChI is InChI=1S/C22H29N3O/c1-3-24(4-2)20-13-11-19(12-14-20)23-16-15-22(26)25-17-7-9-18-8-5-6-10-21(18)25/h5-6,8,10-14,23H,3-4,7,9,15-17H2,1-2H3. The number of anilines is 3. The minimum absolute atomic E-state index is 0.199. The Morgan fingerprint density at radius 3 is 2.54 bits per heavy atom. The Bertz CT molecular complexity index is 722. The van der Waals surface area contributed by atoms with Crippen molar-refractivity contribution < 1.29 is 4.79 Å². The molecule has 1 aliphatic rings. The number of carbonyl (C=O) groups excluding carboxylic acids is 1.